The maximum atomic E-state index is 12.5. The molecule has 8 nitrogen and oxygen atoms in total. The van der Waals surface area contributed by atoms with Crippen LogP contribution in [-0.2, 0) is 14.4 Å². The fourth-order valence-electron chi connectivity index (χ4n) is 2.94. The smallest absolute Gasteiger partial charge is 0.326 e. The number of likely N-dealkylation sites (N-methyl/N-ethyl adjacent to an activating group) is 1. The zero-order valence-electron chi connectivity index (χ0n) is 12.8. The van der Waals surface area contributed by atoms with Crippen LogP contribution in [0.5, 0.6) is 0 Å². The molecule has 0 aromatic heterocycles. The number of nitrogens with zero attached hydrogens (tertiary/aromatic N) is 2. The predicted molar refractivity (Wildman–Crippen MR) is 75.9 cm³/mol. The number of rotatable bonds is 4. The van der Waals surface area contributed by atoms with E-state index in [-0.39, 0.29) is 5.91 Å². The number of nitrogens with one attached hydrogen (secondary N) is 1. The molecular weight excluding hydrogens is 290 g/mol. The Labute approximate surface area is 128 Å². The van der Waals surface area contributed by atoms with Crippen LogP contribution in [0.1, 0.15) is 39.0 Å². The van der Waals surface area contributed by atoms with Crippen LogP contribution in [0.2, 0.25) is 0 Å². The van der Waals surface area contributed by atoms with E-state index in [0.29, 0.717) is 12.8 Å². The van der Waals surface area contributed by atoms with Gasteiger partial charge in [0.15, 0.2) is 0 Å². The average Bonchev–Trinajstić information content (AvgIpc) is 2.70. The van der Waals surface area contributed by atoms with Crippen molar-refractivity contribution < 1.29 is 24.3 Å². The lowest BCUT2D eigenvalue weighted by molar-refractivity contribution is -0.149. The van der Waals surface area contributed by atoms with E-state index in [9.17, 15) is 19.2 Å². The van der Waals surface area contributed by atoms with Crippen molar-refractivity contribution in [3.05, 3.63) is 0 Å². The number of carboxylic acids is 1. The van der Waals surface area contributed by atoms with E-state index in [4.69, 9.17) is 5.11 Å². The van der Waals surface area contributed by atoms with Crippen molar-refractivity contribution in [2.24, 2.45) is 0 Å². The van der Waals surface area contributed by atoms with E-state index in [2.05, 4.69) is 5.32 Å². The molecule has 2 aliphatic rings. The van der Waals surface area contributed by atoms with Gasteiger partial charge in [0.05, 0.1) is 0 Å². The molecule has 8 heteroatoms. The third kappa shape index (κ3) is 2.77. The lowest BCUT2D eigenvalue weighted by Gasteiger charge is -2.30. The van der Waals surface area contributed by atoms with E-state index in [0.717, 1.165) is 29.1 Å². The highest BCUT2D eigenvalue weighted by Gasteiger charge is 2.51. The molecule has 0 aromatic rings. The molecule has 2 N–H and O–H groups in total. The first-order valence-electron chi connectivity index (χ1n) is 7.41. The third-order valence-electron chi connectivity index (χ3n) is 4.58. The Morgan fingerprint density at radius 1 is 1.32 bits per heavy atom. The number of urea groups is 1. The van der Waals surface area contributed by atoms with Crippen LogP contribution >= 0.6 is 0 Å². The number of hydrogen-bond acceptors (Lipinski definition) is 4. The van der Waals surface area contributed by atoms with Crippen molar-refractivity contribution in [1.82, 2.24) is 15.1 Å². The fraction of sp³-hybridized carbons (Fsp3) is 0.714. The Balaban J connectivity index is 2.06. The van der Waals surface area contributed by atoms with Crippen LogP contribution in [0, 0.1) is 0 Å². The van der Waals surface area contributed by atoms with E-state index in [1.807, 2.05) is 0 Å². The number of carbonyl (C=O) groups is 4. The van der Waals surface area contributed by atoms with Crippen LogP contribution in [-0.4, -0.2) is 63.9 Å². The zero-order valence-corrected chi connectivity index (χ0v) is 12.8. The van der Waals surface area contributed by atoms with Crippen LogP contribution in [0.15, 0.2) is 0 Å². The molecule has 122 valence electrons. The van der Waals surface area contributed by atoms with Gasteiger partial charge >= 0.3 is 12.0 Å². The van der Waals surface area contributed by atoms with Gasteiger partial charge in [-0.05, 0) is 19.8 Å². The first-order chi connectivity index (χ1) is 10.3. The Bertz CT molecular complexity index is 513. The standard InChI is InChI=1S/C14H21N3O5/c1-9(11(19)20)16(2)10(18)8-17-12(21)14(15-13(17)22)6-4-3-5-7-14/h9H,3-8H2,1-2H3,(H,15,22)(H,19,20). The summed E-state index contributed by atoms with van der Waals surface area (Å²) in [5.74, 6) is -2.09. The minimum atomic E-state index is -1.14. The maximum absolute atomic E-state index is 12.5. The van der Waals surface area contributed by atoms with Gasteiger partial charge < -0.3 is 15.3 Å². The van der Waals surface area contributed by atoms with Crippen molar-refractivity contribution in [1.29, 1.82) is 0 Å². The molecule has 1 aliphatic heterocycles. The second-order valence-corrected chi connectivity index (χ2v) is 5.98. The summed E-state index contributed by atoms with van der Waals surface area (Å²) in [5, 5.41) is 11.6. The summed E-state index contributed by atoms with van der Waals surface area (Å²) < 4.78 is 0. The van der Waals surface area contributed by atoms with Crippen LogP contribution in [0.3, 0.4) is 0 Å². The molecule has 1 saturated carbocycles. The van der Waals surface area contributed by atoms with Gasteiger partial charge in [0.1, 0.15) is 18.1 Å². The molecule has 0 aromatic carbocycles. The number of hydrogen-bond donors (Lipinski definition) is 2. The molecule has 2 rings (SSSR count). The van der Waals surface area contributed by atoms with Crippen molar-refractivity contribution >= 4 is 23.8 Å². The quantitative estimate of drug-likeness (QED) is 0.720. The maximum Gasteiger partial charge on any atom is 0.326 e. The van der Waals surface area contributed by atoms with Crippen LogP contribution < -0.4 is 5.32 Å². The molecule has 1 unspecified atom stereocenters. The lowest BCUT2D eigenvalue weighted by atomic mass is 9.82. The van der Waals surface area contributed by atoms with E-state index < -0.39 is 36.0 Å². The zero-order chi connectivity index (χ0) is 16.5. The monoisotopic (exact) mass is 311 g/mol. The number of amides is 4. The van der Waals surface area contributed by atoms with Gasteiger partial charge in [-0.2, -0.15) is 0 Å². The summed E-state index contributed by atoms with van der Waals surface area (Å²) in [7, 11) is 1.34. The molecule has 1 saturated heterocycles. The van der Waals surface area contributed by atoms with Crippen LogP contribution in [0.4, 0.5) is 4.79 Å². The summed E-state index contributed by atoms with van der Waals surface area (Å²) in [6.45, 7) is 0.940. The van der Waals surface area contributed by atoms with Crippen molar-refractivity contribution in [2.45, 2.75) is 50.6 Å². The van der Waals surface area contributed by atoms with Crippen molar-refractivity contribution in [3.8, 4) is 0 Å². The third-order valence-corrected chi connectivity index (χ3v) is 4.58. The van der Waals surface area contributed by atoms with Gasteiger partial charge in [0, 0.05) is 7.05 Å². The normalized spacial score (nSPS) is 21.6. The predicted octanol–water partition coefficient (Wildman–Crippen LogP) is 0.173. The highest BCUT2D eigenvalue weighted by atomic mass is 16.4. The Kier molecular flexibility index (Phi) is 4.39. The molecule has 1 aliphatic carbocycles. The summed E-state index contributed by atoms with van der Waals surface area (Å²) in [6, 6.07) is -1.59. The number of carbonyl (C=O) groups excluding carboxylic acids is 3. The van der Waals surface area contributed by atoms with Gasteiger partial charge in [0.25, 0.3) is 5.91 Å². The van der Waals surface area contributed by atoms with E-state index >= 15 is 0 Å². The highest BCUT2D eigenvalue weighted by molar-refractivity contribution is 6.09. The first-order valence-corrected chi connectivity index (χ1v) is 7.41. The largest absolute Gasteiger partial charge is 0.480 e. The van der Waals surface area contributed by atoms with E-state index in [1.165, 1.54) is 14.0 Å². The second-order valence-electron chi connectivity index (χ2n) is 5.98. The van der Waals surface area contributed by atoms with Gasteiger partial charge in [-0.15, -0.1) is 0 Å². The summed E-state index contributed by atoms with van der Waals surface area (Å²) in [5.41, 5.74) is -0.868. The van der Waals surface area contributed by atoms with Gasteiger partial charge in [-0.25, -0.2) is 9.59 Å². The molecule has 1 spiro atoms. The minimum Gasteiger partial charge on any atom is -0.480 e. The summed E-state index contributed by atoms with van der Waals surface area (Å²) in [4.78, 5) is 49.5. The van der Waals surface area contributed by atoms with E-state index in [1.54, 1.807) is 0 Å². The molecule has 0 radical (unpaired) electrons. The van der Waals surface area contributed by atoms with Gasteiger partial charge in [-0.1, -0.05) is 19.3 Å². The number of aliphatic carboxylic acids is 1. The number of imide groups is 1. The minimum absolute atomic E-state index is 0.373. The molecule has 2 fully saturated rings. The molecule has 1 atom stereocenters. The SMILES string of the molecule is CC(C(=O)O)N(C)C(=O)CN1C(=O)NC2(CCCCC2)C1=O. The Morgan fingerprint density at radius 3 is 2.45 bits per heavy atom. The topological polar surface area (TPSA) is 107 Å². The average molecular weight is 311 g/mol. The Hall–Kier alpha value is -2.12. The number of carboxylic acid groups (broad SMARTS) is 1. The summed E-state index contributed by atoms with van der Waals surface area (Å²) in [6.07, 6.45) is 3.93. The highest BCUT2D eigenvalue weighted by Crippen LogP contribution is 2.33. The van der Waals surface area contributed by atoms with Crippen LogP contribution in [0.25, 0.3) is 0 Å². The second kappa shape index (κ2) is 5.94. The first kappa shape index (κ1) is 16.3. The van der Waals surface area contributed by atoms with Crippen molar-refractivity contribution in [3.63, 3.8) is 0 Å². The fourth-order valence-corrected chi connectivity index (χ4v) is 2.94. The summed E-state index contributed by atoms with van der Waals surface area (Å²) >= 11 is 0. The van der Waals surface area contributed by atoms with Crippen molar-refractivity contribution in [2.75, 3.05) is 13.6 Å². The Morgan fingerprint density at radius 2 is 1.91 bits per heavy atom. The van der Waals surface area contributed by atoms with Gasteiger partial charge in [-0.3, -0.25) is 14.5 Å². The van der Waals surface area contributed by atoms with Gasteiger partial charge in [0.2, 0.25) is 5.91 Å². The lowest BCUT2D eigenvalue weighted by Crippen LogP contribution is -2.49. The molecular formula is C14H21N3O5. The molecule has 4 amide bonds. The molecule has 1 heterocycles. The molecule has 22 heavy (non-hydrogen) atoms. The molecule has 0 bridgehead atoms.